The molecular formula is C20H25N5. The fourth-order valence-corrected chi connectivity index (χ4v) is 2.72. The van der Waals surface area contributed by atoms with Crippen LogP contribution in [0.15, 0.2) is 76.7 Å². The molecule has 1 atom stereocenters. The highest BCUT2D eigenvalue weighted by molar-refractivity contribution is 5.50. The summed E-state index contributed by atoms with van der Waals surface area (Å²) in [7, 11) is 4.04. The molecule has 130 valence electrons. The van der Waals surface area contributed by atoms with Crippen molar-refractivity contribution in [1.82, 2.24) is 10.0 Å². The summed E-state index contributed by atoms with van der Waals surface area (Å²) >= 11 is 0. The molecule has 0 aliphatic carbocycles. The van der Waals surface area contributed by atoms with E-state index in [1.165, 1.54) is 5.56 Å². The van der Waals surface area contributed by atoms with E-state index in [9.17, 15) is 0 Å². The molecule has 3 rings (SSSR count). The summed E-state index contributed by atoms with van der Waals surface area (Å²) in [6.45, 7) is 3.04. The molecule has 0 spiro atoms. The molecule has 1 aliphatic rings. The van der Waals surface area contributed by atoms with Crippen molar-refractivity contribution in [3.05, 3.63) is 72.1 Å². The van der Waals surface area contributed by atoms with Crippen LogP contribution in [0, 0.1) is 0 Å². The predicted molar refractivity (Wildman–Crippen MR) is 103 cm³/mol. The second-order valence-electron chi connectivity index (χ2n) is 6.27. The molecule has 1 N–H and O–H groups in total. The number of benzene rings is 2. The van der Waals surface area contributed by atoms with Crippen LogP contribution in [0.25, 0.3) is 0 Å². The molecule has 0 saturated carbocycles. The SMILES string of the molecule is CC1C=C(N=Nc2ccc(NCCc3ccccc3)cc2)N(C)N1C. The van der Waals surface area contributed by atoms with Gasteiger partial charge >= 0.3 is 0 Å². The van der Waals surface area contributed by atoms with E-state index in [1.807, 2.05) is 49.4 Å². The summed E-state index contributed by atoms with van der Waals surface area (Å²) in [6.07, 6.45) is 3.11. The smallest absolute Gasteiger partial charge is 0.162 e. The lowest BCUT2D eigenvalue weighted by atomic mass is 10.1. The number of nitrogens with one attached hydrogen (secondary N) is 1. The zero-order chi connectivity index (χ0) is 17.6. The third-order valence-electron chi connectivity index (χ3n) is 4.51. The molecule has 25 heavy (non-hydrogen) atoms. The molecule has 1 unspecified atom stereocenters. The highest BCUT2D eigenvalue weighted by Crippen LogP contribution is 2.22. The van der Waals surface area contributed by atoms with Crippen molar-refractivity contribution < 1.29 is 0 Å². The summed E-state index contributed by atoms with van der Waals surface area (Å²) in [4.78, 5) is 0. The zero-order valence-corrected chi connectivity index (χ0v) is 15.1. The highest BCUT2D eigenvalue weighted by atomic mass is 15.7. The van der Waals surface area contributed by atoms with Crippen molar-refractivity contribution in [2.75, 3.05) is 26.0 Å². The van der Waals surface area contributed by atoms with E-state index in [4.69, 9.17) is 0 Å². The molecule has 1 aliphatic heterocycles. The lowest BCUT2D eigenvalue weighted by molar-refractivity contribution is 0.0673. The highest BCUT2D eigenvalue weighted by Gasteiger charge is 2.22. The minimum absolute atomic E-state index is 0.343. The summed E-state index contributed by atoms with van der Waals surface area (Å²) in [5.74, 6) is 0.875. The summed E-state index contributed by atoms with van der Waals surface area (Å²) in [5.41, 5.74) is 3.29. The van der Waals surface area contributed by atoms with Gasteiger partial charge in [0.2, 0.25) is 0 Å². The average Bonchev–Trinajstić information content (AvgIpc) is 2.89. The number of rotatable bonds is 6. The largest absolute Gasteiger partial charge is 0.385 e. The average molecular weight is 335 g/mol. The fourth-order valence-electron chi connectivity index (χ4n) is 2.72. The monoisotopic (exact) mass is 335 g/mol. The van der Waals surface area contributed by atoms with Gasteiger partial charge in [-0.3, -0.25) is 5.01 Å². The first-order chi connectivity index (χ1) is 12.1. The minimum Gasteiger partial charge on any atom is -0.385 e. The molecule has 1 heterocycles. The summed E-state index contributed by atoms with van der Waals surface area (Å²) in [5, 5.41) is 16.3. The van der Waals surface area contributed by atoms with Gasteiger partial charge in [0.1, 0.15) is 0 Å². The number of hydrogen-bond acceptors (Lipinski definition) is 5. The third kappa shape index (κ3) is 4.45. The van der Waals surface area contributed by atoms with Gasteiger partial charge in [-0.2, -0.15) is 0 Å². The van der Waals surface area contributed by atoms with Gasteiger partial charge in [0.25, 0.3) is 0 Å². The van der Waals surface area contributed by atoms with Crippen LogP contribution in [0.1, 0.15) is 12.5 Å². The Morgan fingerprint density at radius 2 is 1.68 bits per heavy atom. The van der Waals surface area contributed by atoms with Crippen molar-refractivity contribution in [1.29, 1.82) is 0 Å². The summed E-state index contributed by atoms with van der Waals surface area (Å²) in [6, 6.07) is 18.9. The number of likely N-dealkylation sites (N-methyl/N-ethyl adjacent to an activating group) is 1. The molecule has 2 aromatic carbocycles. The molecule has 0 fully saturated rings. The molecule has 0 bridgehead atoms. The lowest BCUT2D eigenvalue weighted by Gasteiger charge is -2.25. The quantitative estimate of drug-likeness (QED) is 0.793. The van der Waals surface area contributed by atoms with Crippen LogP contribution in [0.5, 0.6) is 0 Å². The van der Waals surface area contributed by atoms with Crippen LogP contribution in [-0.2, 0) is 6.42 Å². The Morgan fingerprint density at radius 3 is 2.32 bits per heavy atom. The minimum atomic E-state index is 0.343. The van der Waals surface area contributed by atoms with Gasteiger partial charge in [-0.1, -0.05) is 30.3 Å². The number of anilines is 1. The van der Waals surface area contributed by atoms with Gasteiger partial charge in [0, 0.05) is 32.4 Å². The third-order valence-corrected chi connectivity index (χ3v) is 4.51. The van der Waals surface area contributed by atoms with Crippen LogP contribution < -0.4 is 5.32 Å². The lowest BCUT2D eigenvalue weighted by Crippen LogP contribution is -2.34. The van der Waals surface area contributed by atoms with Gasteiger partial charge in [0.15, 0.2) is 5.82 Å². The normalized spacial score (nSPS) is 18.0. The van der Waals surface area contributed by atoms with Gasteiger partial charge in [-0.05, 0) is 49.2 Å². The van der Waals surface area contributed by atoms with Crippen LogP contribution in [0.4, 0.5) is 11.4 Å². The van der Waals surface area contributed by atoms with Gasteiger partial charge in [0.05, 0.1) is 5.69 Å². The molecule has 5 heteroatoms. The van der Waals surface area contributed by atoms with E-state index in [2.05, 4.69) is 57.8 Å². The first kappa shape index (κ1) is 17.2. The van der Waals surface area contributed by atoms with Crippen LogP contribution in [0.3, 0.4) is 0 Å². The predicted octanol–water partition coefficient (Wildman–Crippen LogP) is 4.45. The van der Waals surface area contributed by atoms with Crippen LogP contribution in [-0.4, -0.2) is 36.7 Å². The van der Waals surface area contributed by atoms with Crippen molar-refractivity contribution >= 4 is 11.4 Å². The van der Waals surface area contributed by atoms with E-state index in [0.717, 1.165) is 30.2 Å². The first-order valence-corrected chi connectivity index (χ1v) is 8.61. The Kier molecular flexibility index (Phi) is 5.46. The zero-order valence-electron chi connectivity index (χ0n) is 15.1. The topological polar surface area (TPSA) is 43.2 Å². The number of azo groups is 1. The Labute approximate surface area is 149 Å². The van der Waals surface area contributed by atoms with Crippen molar-refractivity contribution in [2.45, 2.75) is 19.4 Å². The standard InChI is InChI=1S/C20H25N5/c1-16-15-20(25(3)24(16)2)23-22-19-11-9-18(10-12-19)21-14-13-17-7-5-4-6-8-17/h4-12,15-16,21H,13-14H2,1-3H3. The van der Waals surface area contributed by atoms with E-state index in [1.54, 1.807) is 0 Å². The van der Waals surface area contributed by atoms with E-state index >= 15 is 0 Å². The van der Waals surface area contributed by atoms with Gasteiger partial charge < -0.3 is 5.32 Å². The molecule has 2 aromatic rings. The van der Waals surface area contributed by atoms with Gasteiger partial charge in [-0.15, -0.1) is 10.2 Å². The fraction of sp³-hybridized carbons (Fsp3) is 0.300. The molecule has 0 saturated heterocycles. The van der Waals surface area contributed by atoms with E-state index < -0.39 is 0 Å². The Balaban J connectivity index is 1.52. The van der Waals surface area contributed by atoms with Gasteiger partial charge in [-0.25, -0.2) is 5.01 Å². The summed E-state index contributed by atoms with van der Waals surface area (Å²) < 4.78 is 0. The molecule has 0 amide bonds. The maximum atomic E-state index is 4.36. The number of nitrogens with zero attached hydrogens (tertiary/aromatic N) is 4. The van der Waals surface area contributed by atoms with Crippen LogP contribution in [0.2, 0.25) is 0 Å². The van der Waals surface area contributed by atoms with E-state index in [-0.39, 0.29) is 0 Å². The number of hydrogen-bond donors (Lipinski definition) is 1. The van der Waals surface area contributed by atoms with Crippen molar-refractivity contribution in [3.63, 3.8) is 0 Å². The Hall–Kier alpha value is -2.66. The van der Waals surface area contributed by atoms with E-state index in [0.29, 0.717) is 6.04 Å². The van der Waals surface area contributed by atoms with Crippen molar-refractivity contribution in [2.24, 2.45) is 10.2 Å². The maximum Gasteiger partial charge on any atom is 0.162 e. The first-order valence-electron chi connectivity index (χ1n) is 8.61. The molecular weight excluding hydrogens is 310 g/mol. The van der Waals surface area contributed by atoms with Crippen molar-refractivity contribution in [3.8, 4) is 0 Å². The molecule has 5 nitrogen and oxygen atoms in total. The second kappa shape index (κ2) is 7.94. The molecule has 0 aromatic heterocycles. The Bertz CT molecular complexity index is 736. The second-order valence-corrected chi connectivity index (χ2v) is 6.27. The number of hydrazine groups is 1. The Morgan fingerprint density at radius 1 is 0.960 bits per heavy atom. The maximum absolute atomic E-state index is 4.36. The van der Waals surface area contributed by atoms with Crippen LogP contribution >= 0.6 is 0 Å². The molecule has 0 radical (unpaired) electrons.